The van der Waals surface area contributed by atoms with Gasteiger partial charge >= 0.3 is 0 Å². The summed E-state index contributed by atoms with van der Waals surface area (Å²) in [5, 5.41) is 3.40. The van der Waals surface area contributed by atoms with Crippen molar-refractivity contribution >= 4 is 5.69 Å². The van der Waals surface area contributed by atoms with E-state index in [9.17, 15) is 0 Å². The largest absolute Gasteiger partial charge is 0.398 e. The lowest BCUT2D eigenvalue weighted by molar-refractivity contribution is -0.0166. The highest BCUT2D eigenvalue weighted by molar-refractivity contribution is 5.46. The van der Waals surface area contributed by atoms with Gasteiger partial charge in [0.15, 0.2) is 0 Å². The van der Waals surface area contributed by atoms with Crippen molar-refractivity contribution in [3.8, 4) is 0 Å². The molecule has 2 atom stereocenters. The van der Waals surface area contributed by atoms with Crippen LogP contribution in [0.1, 0.15) is 50.6 Å². The van der Waals surface area contributed by atoms with Gasteiger partial charge in [0.25, 0.3) is 0 Å². The topological polar surface area (TPSA) is 60.2 Å². The fourth-order valence-electron chi connectivity index (χ4n) is 3.33. The molecule has 1 fully saturated rings. The lowest BCUT2D eigenvalue weighted by Gasteiger charge is -2.36. The standard InChI is InChI=1S/C16H27N3O/c1-3-20-16(12-7-5-4-6-8-12)15(18-2)13-11-19-10-9-14(13)17/h9-12,15-16,18H,3-8H2,1-2H3,(H2,17,19). The molecule has 0 bridgehead atoms. The Morgan fingerprint density at radius 3 is 2.75 bits per heavy atom. The Balaban J connectivity index is 2.22. The molecule has 112 valence electrons. The van der Waals surface area contributed by atoms with E-state index in [1.54, 1.807) is 6.20 Å². The molecule has 1 heterocycles. The monoisotopic (exact) mass is 277 g/mol. The van der Waals surface area contributed by atoms with E-state index >= 15 is 0 Å². The van der Waals surface area contributed by atoms with Crippen LogP contribution in [0.5, 0.6) is 0 Å². The van der Waals surface area contributed by atoms with Crippen molar-refractivity contribution in [3.05, 3.63) is 24.0 Å². The summed E-state index contributed by atoms with van der Waals surface area (Å²) in [4.78, 5) is 4.23. The summed E-state index contributed by atoms with van der Waals surface area (Å²) in [6.07, 6.45) is 10.3. The summed E-state index contributed by atoms with van der Waals surface area (Å²) < 4.78 is 6.10. The molecule has 1 saturated carbocycles. The number of rotatable bonds is 6. The first-order valence-electron chi connectivity index (χ1n) is 7.76. The van der Waals surface area contributed by atoms with E-state index in [0.29, 0.717) is 5.92 Å². The van der Waals surface area contributed by atoms with E-state index in [4.69, 9.17) is 10.5 Å². The number of aromatic nitrogens is 1. The minimum Gasteiger partial charge on any atom is -0.398 e. The summed E-state index contributed by atoms with van der Waals surface area (Å²) in [7, 11) is 1.98. The zero-order valence-electron chi connectivity index (χ0n) is 12.6. The fraction of sp³-hybridized carbons (Fsp3) is 0.688. The molecule has 4 heteroatoms. The number of nitrogen functional groups attached to an aromatic ring is 1. The number of hydrogen-bond donors (Lipinski definition) is 2. The molecular formula is C16H27N3O. The molecule has 0 radical (unpaired) electrons. The highest BCUT2D eigenvalue weighted by atomic mass is 16.5. The summed E-state index contributed by atoms with van der Waals surface area (Å²) >= 11 is 0. The molecule has 2 unspecified atom stereocenters. The van der Waals surface area contributed by atoms with E-state index in [1.165, 1.54) is 32.1 Å². The van der Waals surface area contributed by atoms with Crippen LogP contribution in [0.3, 0.4) is 0 Å². The van der Waals surface area contributed by atoms with Crippen molar-refractivity contribution in [2.24, 2.45) is 5.92 Å². The Morgan fingerprint density at radius 1 is 1.40 bits per heavy atom. The molecule has 3 N–H and O–H groups in total. The zero-order chi connectivity index (χ0) is 14.4. The van der Waals surface area contributed by atoms with Crippen molar-refractivity contribution in [2.75, 3.05) is 19.4 Å². The van der Waals surface area contributed by atoms with Gasteiger partial charge in [0.1, 0.15) is 0 Å². The first kappa shape index (κ1) is 15.3. The number of nitrogens with one attached hydrogen (secondary N) is 1. The average molecular weight is 277 g/mol. The van der Waals surface area contributed by atoms with Gasteiger partial charge in [-0.2, -0.15) is 0 Å². The molecule has 1 aromatic heterocycles. The molecule has 0 spiro atoms. The second-order valence-corrected chi connectivity index (χ2v) is 5.59. The number of likely N-dealkylation sites (N-methyl/N-ethyl adjacent to an activating group) is 1. The Morgan fingerprint density at radius 2 is 2.15 bits per heavy atom. The van der Waals surface area contributed by atoms with Crippen LogP contribution in [0.2, 0.25) is 0 Å². The molecule has 0 saturated heterocycles. The van der Waals surface area contributed by atoms with E-state index < -0.39 is 0 Å². The van der Waals surface area contributed by atoms with Crippen molar-refractivity contribution in [1.29, 1.82) is 0 Å². The van der Waals surface area contributed by atoms with Gasteiger partial charge in [0.2, 0.25) is 0 Å². The molecule has 0 amide bonds. The number of nitrogens with two attached hydrogens (primary N) is 1. The SMILES string of the molecule is CCOC(C1CCCCC1)C(NC)c1cnccc1N. The molecular weight excluding hydrogens is 250 g/mol. The lowest BCUT2D eigenvalue weighted by atomic mass is 9.81. The van der Waals surface area contributed by atoms with Crippen LogP contribution in [0, 0.1) is 5.92 Å². The van der Waals surface area contributed by atoms with E-state index in [1.807, 2.05) is 19.3 Å². The Bertz CT molecular complexity index is 404. The molecule has 1 aliphatic carbocycles. The number of nitrogens with zero attached hydrogens (tertiary/aromatic N) is 1. The molecule has 2 rings (SSSR count). The second-order valence-electron chi connectivity index (χ2n) is 5.59. The van der Waals surface area contributed by atoms with Gasteiger partial charge in [-0.05, 0) is 38.8 Å². The minimum atomic E-state index is 0.117. The molecule has 4 nitrogen and oxygen atoms in total. The van der Waals surface area contributed by atoms with Gasteiger partial charge in [0.05, 0.1) is 12.1 Å². The maximum atomic E-state index is 6.12. The molecule has 1 aromatic rings. The van der Waals surface area contributed by atoms with Crippen LogP contribution in [0.4, 0.5) is 5.69 Å². The van der Waals surface area contributed by atoms with Crippen LogP contribution < -0.4 is 11.1 Å². The quantitative estimate of drug-likeness (QED) is 0.839. The van der Waals surface area contributed by atoms with Crippen molar-refractivity contribution in [3.63, 3.8) is 0 Å². The molecule has 1 aliphatic rings. The maximum Gasteiger partial charge on any atom is 0.0798 e. The van der Waals surface area contributed by atoms with E-state index in [2.05, 4.69) is 17.2 Å². The molecule has 20 heavy (non-hydrogen) atoms. The summed E-state index contributed by atoms with van der Waals surface area (Å²) in [5.74, 6) is 0.612. The van der Waals surface area contributed by atoms with Gasteiger partial charge in [-0.25, -0.2) is 0 Å². The number of anilines is 1. The smallest absolute Gasteiger partial charge is 0.0798 e. The van der Waals surface area contributed by atoms with Gasteiger partial charge in [-0.1, -0.05) is 19.3 Å². The third kappa shape index (κ3) is 3.49. The second kappa shape index (κ2) is 7.60. The van der Waals surface area contributed by atoms with Crippen LogP contribution in [0.25, 0.3) is 0 Å². The number of hydrogen-bond acceptors (Lipinski definition) is 4. The molecule has 0 aromatic carbocycles. The predicted molar refractivity (Wildman–Crippen MR) is 82.4 cm³/mol. The van der Waals surface area contributed by atoms with E-state index in [-0.39, 0.29) is 12.1 Å². The molecule has 0 aliphatic heterocycles. The van der Waals surface area contributed by atoms with Gasteiger partial charge < -0.3 is 15.8 Å². The lowest BCUT2D eigenvalue weighted by Crippen LogP contribution is -2.38. The van der Waals surface area contributed by atoms with Gasteiger partial charge in [-0.15, -0.1) is 0 Å². The highest BCUT2D eigenvalue weighted by Gasteiger charge is 2.32. The van der Waals surface area contributed by atoms with Crippen molar-refractivity contribution in [1.82, 2.24) is 10.3 Å². The van der Waals surface area contributed by atoms with Crippen molar-refractivity contribution < 1.29 is 4.74 Å². The average Bonchev–Trinajstić information content (AvgIpc) is 2.50. The first-order valence-corrected chi connectivity index (χ1v) is 7.76. The Kier molecular flexibility index (Phi) is 5.80. The van der Waals surface area contributed by atoms with Crippen LogP contribution in [0.15, 0.2) is 18.5 Å². The Hall–Kier alpha value is -1.13. The van der Waals surface area contributed by atoms with Crippen molar-refractivity contribution in [2.45, 2.75) is 51.2 Å². The fourth-order valence-corrected chi connectivity index (χ4v) is 3.33. The highest BCUT2D eigenvalue weighted by Crippen LogP contribution is 2.35. The maximum absolute atomic E-state index is 6.12. The third-order valence-electron chi connectivity index (χ3n) is 4.34. The third-order valence-corrected chi connectivity index (χ3v) is 4.34. The van der Waals surface area contributed by atoms with Crippen LogP contribution in [-0.4, -0.2) is 24.7 Å². The van der Waals surface area contributed by atoms with Gasteiger partial charge in [-0.3, -0.25) is 4.98 Å². The number of pyridine rings is 1. The van der Waals surface area contributed by atoms with E-state index in [0.717, 1.165) is 17.9 Å². The summed E-state index contributed by atoms with van der Waals surface area (Å²) in [5.41, 5.74) is 7.97. The minimum absolute atomic E-state index is 0.117. The van der Waals surface area contributed by atoms with Gasteiger partial charge in [0, 0.05) is 30.3 Å². The predicted octanol–water partition coefficient (Wildman–Crippen LogP) is 2.91. The zero-order valence-corrected chi connectivity index (χ0v) is 12.6. The van der Waals surface area contributed by atoms with Crippen LogP contribution in [-0.2, 0) is 4.74 Å². The number of ether oxygens (including phenoxy) is 1. The summed E-state index contributed by atoms with van der Waals surface area (Å²) in [6, 6.07) is 1.98. The normalized spacial score (nSPS) is 19.7. The summed E-state index contributed by atoms with van der Waals surface area (Å²) in [6.45, 7) is 2.80. The van der Waals surface area contributed by atoms with Crippen LogP contribution >= 0.6 is 0 Å². The first-order chi connectivity index (χ1) is 9.77. The Labute approximate surface area is 122 Å².